The maximum atomic E-state index is 10.9. The van der Waals surface area contributed by atoms with Gasteiger partial charge in [0.15, 0.2) is 0 Å². The molecule has 0 aromatic carbocycles. The number of halogens is 1. The molecule has 0 amide bonds. The topological polar surface area (TPSA) is 20.2 Å². The van der Waals surface area contributed by atoms with Gasteiger partial charge in [0.05, 0.1) is 6.10 Å². The van der Waals surface area contributed by atoms with Crippen LogP contribution in [0, 0.1) is 41.4 Å². The first-order valence-corrected chi connectivity index (χ1v) is 14.8. The van der Waals surface area contributed by atoms with Gasteiger partial charge in [0.2, 0.25) is 0 Å². The highest BCUT2D eigenvalue weighted by Gasteiger charge is 2.28. The molecule has 2 unspecified atom stereocenters. The van der Waals surface area contributed by atoms with Crippen LogP contribution in [0.4, 0.5) is 0 Å². The van der Waals surface area contributed by atoms with Crippen molar-refractivity contribution in [2.45, 2.75) is 135 Å². The smallest absolute Gasteiger partial charge is 0.0571 e. The van der Waals surface area contributed by atoms with Gasteiger partial charge in [-0.15, -0.1) is 0 Å². The van der Waals surface area contributed by atoms with Crippen LogP contribution in [-0.2, 0) is 0 Å². The van der Waals surface area contributed by atoms with Gasteiger partial charge in [-0.05, 0) is 80.0 Å². The Labute approximate surface area is 203 Å². The summed E-state index contributed by atoms with van der Waals surface area (Å²) in [5.74, 6) is 5.71. The molecule has 0 saturated heterocycles. The molecule has 30 heavy (non-hydrogen) atoms. The minimum absolute atomic E-state index is 0.0593. The van der Waals surface area contributed by atoms with Gasteiger partial charge in [0.25, 0.3) is 0 Å². The molecule has 1 nitrogen and oxygen atoms in total. The normalized spacial score (nSPS) is 31.6. The van der Waals surface area contributed by atoms with Crippen LogP contribution in [0.2, 0.25) is 0 Å². The highest BCUT2D eigenvalue weighted by molar-refractivity contribution is 14.1. The third kappa shape index (κ3) is 9.67. The molecule has 0 radical (unpaired) electrons. The maximum absolute atomic E-state index is 10.9. The quantitative estimate of drug-likeness (QED) is 0.185. The highest BCUT2D eigenvalue weighted by Crippen LogP contribution is 2.36. The Bertz CT molecular complexity index is 442. The molecule has 0 aromatic heterocycles. The van der Waals surface area contributed by atoms with Crippen molar-refractivity contribution >= 4 is 22.6 Å². The van der Waals surface area contributed by atoms with E-state index in [1.54, 1.807) is 0 Å². The molecule has 0 spiro atoms. The van der Waals surface area contributed by atoms with E-state index in [-0.39, 0.29) is 6.10 Å². The molecule has 0 aromatic rings. The highest BCUT2D eigenvalue weighted by atomic mass is 127. The monoisotopic (exact) mass is 532 g/mol. The first kappa shape index (κ1) is 26.9. The van der Waals surface area contributed by atoms with Gasteiger partial charge in [0.1, 0.15) is 0 Å². The number of rotatable bonds is 13. The lowest BCUT2D eigenvalue weighted by molar-refractivity contribution is 0.0537. The van der Waals surface area contributed by atoms with Gasteiger partial charge in [-0.3, -0.25) is 0 Å². The number of hydrogen-bond donors (Lipinski definition) is 1. The van der Waals surface area contributed by atoms with E-state index in [0.717, 1.165) is 34.0 Å². The second-order valence-electron chi connectivity index (χ2n) is 11.9. The van der Waals surface area contributed by atoms with E-state index in [1.807, 2.05) is 0 Å². The fourth-order valence-electron chi connectivity index (χ4n) is 6.28. The molecule has 2 heteroatoms. The summed E-state index contributed by atoms with van der Waals surface area (Å²) in [5, 5.41) is 10.9. The van der Waals surface area contributed by atoms with Crippen LogP contribution in [0.15, 0.2) is 0 Å². The first-order chi connectivity index (χ1) is 14.3. The van der Waals surface area contributed by atoms with Crippen molar-refractivity contribution in [1.82, 2.24) is 0 Å². The van der Waals surface area contributed by atoms with Gasteiger partial charge < -0.3 is 5.11 Å². The van der Waals surface area contributed by atoms with E-state index in [1.165, 1.54) is 83.5 Å². The summed E-state index contributed by atoms with van der Waals surface area (Å²) in [5.41, 5.74) is 0. The van der Waals surface area contributed by atoms with E-state index >= 15 is 0 Å². The maximum Gasteiger partial charge on any atom is 0.0571 e. The third-order valence-corrected chi connectivity index (χ3v) is 10.3. The predicted molar refractivity (Wildman–Crippen MR) is 141 cm³/mol. The Morgan fingerprint density at radius 2 is 1.47 bits per heavy atom. The van der Waals surface area contributed by atoms with Crippen LogP contribution < -0.4 is 0 Å². The largest absolute Gasteiger partial charge is 0.393 e. The molecule has 0 aliphatic heterocycles. The van der Waals surface area contributed by atoms with Gasteiger partial charge in [-0.2, -0.15) is 0 Å². The van der Waals surface area contributed by atoms with E-state index in [0.29, 0.717) is 17.8 Å². The summed E-state index contributed by atoms with van der Waals surface area (Å²) in [6.07, 6.45) is 18.9. The average molecular weight is 533 g/mol. The van der Waals surface area contributed by atoms with Gasteiger partial charge in [0, 0.05) is 3.92 Å². The Kier molecular flexibility index (Phi) is 12.6. The van der Waals surface area contributed by atoms with E-state index in [4.69, 9.17) is 0 Å². The molecule has 0 bridgehead atoms. The van der Waals surface area contributed by atoms with Crippen molar-refractivity contribution in [2.75, 3.05) is 0 Å². The van der Waals surface area contributed by atoms with Crippen molar-refractivity contribution in [3.63, 3.8) is 0 Å². The number of alkyl halides is 1. The van der Waals surface area contributed by atoms with Crippen molar-refractivity contribution in [3.8, 4) is 0 Å². The molecule has 2 aliphatic carbocycles. The molecule has 0 heterocycles. The lowest BCUT2D eigenvalue weighted by Crippen LogP contribution is -2.29. The number of hydrogen-bond acceptors (Lipinski definition) is 1. The lowest BCUT2D eigenvalue weighted by Gasteiger charge is -2.32. The van der Waals surface area contributed by atoms with Crippen LogP contribution in [0.1, 0.15) is 125 Å². The summed E-state index contributed by atoms with van der Waals surface area (Å²) in [7, 11) is 0. The molecule has 6 atom stereocenters. The van der Waals surface area contributed by atoms with Crippen molar-refractivity contribution in [1.29, 1.82) is 0 Å². The van der Waals surface area contributed by atoms with Gasteiger partial charge in [-0.1, -0.05) is 109 Å². The molecule has 1 N–H and O–H groups in total. The molecular formula is C28H53IO. The Morgan fingerprint density at radius 1 is 0.833 bits per heavy atom. The van der Waals surface area contributed by atoms with Crippen LogP contribution in [0.25, 0.3) is 0 Å². The molecule has 2 aliphatic rings. The van der Waals surface area contributed by atoms with Crippen LogP contribution in [-0.4, -0.2) is 15.1 Å². The lowest BCUT2D eigenvalue weighted by atomic mass is 9.77. The Balaban J connectivity index is 1.62. The summed E-state index contributed by atoms with van der Waals surface area (Å²) in [6, 6.07) is 0. The second-order valence-corrected chi connectivity index (χ2v) is 13.7. The SMILES string of the molecule is CC(C)[C@@H](CCC[C@@H](C)C(C)CCC[C@H]1CC[C@@H](C)C1)CC(O)C1CCC(I)CC1. The standard InChI is InChI=1S/C28H53IO/c1-20(2)26(19-28(30)25-14-16-27(29)17-15-25)11-7-9-23(5)22(4)8-6-10-24-13-12-21(3)18-24/h20-28,30H,6-19H2,1-5H3/t21-,22?,23-,24+,25?,26+,27?,28?/m1/s1. The summed E-state index contributed by atoms with van der Waals surface area (Å²) in [6.45, 7) is 12.2. The molecule has 2 saturated carbocycles. The van der Waals surface area contributed by atoms with Gasteiger partial charge in [-0.25, -0.2) is 0 Å². The summed E-state index contributed by atoms with van der Waals surface area (Å²) >= 11 is 2.59. The molecule has 178 valence electrons. The fourth-order valence-corrected chi connectivity index (χ4v) is 7.00. The first-order valence-electron chi connectivity index (χ1n) is 13.6. The van der Waals surface area contributed by atoms with Crippen molar-refractivity contribution < 1.29 is 5.11 Å². The fraction of sp³-hybridized carbons (Fsp3) is 1.00. The zero-order valence-electron chi connectivity index (χ0n) is 20.9. The number of aliphatic hydroxyl groups is 1. The zero-order chi connectivity index (χ0) is 22.1. The number of aliphatic hydroxyl groups excluding tert-OH is 1. The van der Waals surface area contributed by atoms with E-state index in [9.17, 15) is 5.11 Å². The molecule has 2 rings (SSSR count). The third-order valence-electron chi connectivity index (χ3n) is 9.01. The van der Waals surface area contributed by atoms with Crippen LogP contribution in [0.5, 0.6) is 0 Å². The second kappa shape index (κ2) is 14.1. The predicted octanol–water partition coefficient (Wildman–Crippen LogP) is 9.05. The minimum Gasteiger partial charge on any atom is -0.393 e. The zero-order valence-corrected chi connectivity index (χ0v) is 23.1. The van der Waals surface area contributed by atoms with Crippen LogP contribution in [0.3, 0.4) is 0 Å². The van der Waals surface area contributed by atoms with E-state index < -0.39 is 0 Å². The summed E-state index contributed by atoms with van der Waals surface area (Å²) < 4.78 is 0.845. The Hall–Kier alpha value is 0.690. The molecular weight excluding hydrogens is 479 g/mol. The van der Waals surface area contributed by atoms with Gasteiger partial charge >= 0.3 is 0 Å². The average Bonchev–Trinajstić information content (AvgIpc) is 3.12. The minimum atomic E-state index is -0.0593. The van der Waals surface area contributed by atoms with Crippen molar-refractivity contribution in [2.24, 2.45) is 41.4 Å². The molecule has 2 fully saturated rings. The van der Waals surface area contributed by atoms with Crippen LogP contribution >= 0.6 is 22.6 Å². The summed E-state index contributed by atoms with van der Waals surface area (Å²) in [4.78, 5) is 0. The Morgan fingerprint density at radius 3 is 2.03 bits per heavy atom. The van der Waals surface area contributed by atoms with E-state index in [2.05, 4.69) is 57.2 Å². The van der Waals surface area contributed by atoms with Crippen molar-refractivity contribution in [3.05, 3.63) is 0 Å².